The van der Waals surface area contributed by atoms with Crippen LogP contribution in [0.1, 0.15) is 34.3 Å². The van der Waals surface area contributed by atoms with Crippen molar-refractivity contribution < 1.29 is 48.8 Å². The Bertz CT molecular complexity index is 1590. The largest absolute Gasteiger partial charge is 0.505 e. The second-order valence-electron chi connectivity index (χ2n) is 11.6. The maximum absolute atomic E-state index is 14.0. The van der Waals surface area contributed by atoms with Gasteiger partial charge in [0.15, 0.2) is 34.7 Å². The number of nitrogens with one attached hydrogen (secondary N) is 1. The summed E-state index contributed by atoms with van der Waals surface area (Å²) >= 11 is 0. The standard InChI is InChI=1S/C30H31N3O10/c1-11-5-7-13(8-6-11)43-29(41)32-15-10-9-14-12(2)16-18(23(35)17(14)22(15)34)26(38)30(42)20(24(16)36)21(33(3)4)25(37)19(27(30)39)28(31)40/h5-10,12,16,18-21,24,34,36,42H,1-4H3,(H2,31,40)(H,32,41)/t12-,16+,18?,19?,20+,21-,24-,30-/m0/s1. The fraction of sp³-hybridized carbons (Fsp3) is 0.400. The fourth-order valence-corrected chi connectivity index (χ4v) is 6.94. The number of aliphatic hydroxyl groups is 2. The molecule has 0 heterocycles. The van der Waals surface area contributed by atoms with Crippen LogP contribution in [0, 0.1) is 30.6 Å². The molecule has 2 fully saturated rings. The minimum Gasteiger partial charge on any atom is -0.505 e. The predicted octanol–water partition coefficient (Wildman–Crippen LogP) is 0.318. The summed E-state index contributed by atoms with van der Waals surface area (Å²) < 4.78 is 5.22. The zero-order valence-electron chi connectivity index (χ0n) is 23.7. The van der Waals surface area contributed by atoms with Gasteiger partial charge in [0.05, 0.1) is 35.2 Å². The number of ketones is 4. The molecule has 0 spiro atoms. The van der Waals surface area contributed by atoms with E-state index in [0.717, 1.165) is 5.56 Å². The summed E-state index contributed by atoms with van der Waals surface area (Å²) in [5, 5.41) is 36.8. The number of fused-ring (bicyclic) bond motifs is 3. The molecule has 2 saturated carbocycles. The molecule has 43 heavy (non-hydrogen) atoms. The molecular weight excluding hydrogens is 562 g/mol. The van der Waals surface area contributed by atoms with Crippen LogP contribution in [0.3, 0.4) is 0 Å². The zero-order chi connectivity index (χ0) is 31.7. The number of hydrogen-bond acceptors (Lipinski definition) is 11. The van der Waals surface area contributed by atoms with E-state index in [-0.39, 0.29) is 22.6 Å². The first-order chi connectivity index (χ1) is 20.1. The number of aliphatic hydroxyl groups excluding tert-OH is 1. The molecule has 6 N–H and O–H groups in total. The summed E-state index contributed by atoms with van der Waals surface area (Å²) in [6, 6.07) is 7.89. The Hall–Kier alpha value is -4.46. The van der Waals surface area contributed by atoms with Crippen molar-refractivity contribution in [2.24, 2.45) is 29.4 Å². The number of carbonyl (C=O) groups excluding carboxylic acids is 6. The van der Waals surface area contributed by atoms with E-state index in [4.69, 9.17) is 10.5 Å². The minimum atomic E-state index is -3.10. The SMILES string of the molecule is Cc1ccc(OC(=O)Nc2ccc3c(c2O)C(=O)C2C(=O)[C@]4(O)C(=O)C(C(N)=O)C(=O)[C@@H](N(C)C)[C@@H]4[C@@H](O)[C@@H]2[C@H]3C)cc1. The molecule has 5 rings (SSSR count). The van der Waals surface area contributed by atoms with Gasteiger partial charge in [-0.15, -0.1) is 0 Å². The highest BCUT2D eigenvalue weighted by molar-refractivity contribution is 6.32. The second-order valence-corrected chi connectivity index (χ2v) is 11.6. The quantitative estimate of drug-likeness (QED) is 0.240. The molecule has 0 saturated heterocycles. The van der Waals surface area contributed by atoms with Gasteiger partial charge in [0.25, 0.3) is 0 Å². The smallest absolute Gasteiger partial charge is 0.417 e. The lowest BCUT2D eigenvalue weighted by molar-refractivity contribution is -0.196. The van der Waals surface area contributed by atoms with Crippen molar-refractivity contribution in [3.8, 4) is 11.5 Å². The molecule has 0 aliphatic heterocycles. The molecular formula is C30H31N3O10. The van der Waals surface area contributed by atoms with Crippen molar-refractivity contribution in [3.63, 3.8) is 0 Å². The number of primary amides is 1. The number of anilines is 1. The van der Waals surface area contributed by atoms with E-state index in [9.17, 15) is 44.1 Å². The number of benzene rings is 2. The Balaban J connectivity index is 1.55. The molecule has 0 radical (unpaired) electrons. The number of amides is 2. The van der Waals surface area contributed by atoms with Gasteiger partial charge in [0.1, 0.15) is 11.5 Å². The van der Waals surface area contributed by atoms with Gasteiger partial charge in [0.2, 0.25) is 5.91 Å². The van der Waals surface area contributed by atoms with E-state index in [2.05, 4.69) is 5.32 Å². The number of aromatic hydroxyl groups is 1. The Morgan fingerprint density at radius 1 is 1.02 bits per heavy atom. The molecule has 3 aliphatic rings. The molecule has 13 nitrogen and oxygen atoms in total. The Morgan fingerprint density at radius 3 is 2.23 bits per heavy atom. The molecule has 13 heteroatoms. The van der Waals surface area contributed by atoms with Crippen LogP contribution in [0.4, 0.5) is 10.5 Å². The third kappa shape index (κ3) is 4.34. The van der Waals surface area contributed by atoms with Gasteiger partial charge < -0.3 is 25.8 Å². The van der Waals surface area contributed by atoms with Crippen molar-refractivity contribution in [3.05, 3.63) is 53.1 Å². The summed E-state index contributed by atoms with van der Waals surface area (Å²) in [5.41, 5.74) is 2.84. The Kier molecular flexibility index (Phi) is 7.23. The van der Waals surface area contributed by atoms with Crippen LogP contribution < -0.4 is 15.8 Å². The molecule has 8 atom stereocenters. The van der Waals surface area contributed by atoms with Crippen molar-refractivity contribution in [2.75, 3.05) is 19.4 Å². The fourth-order valence-electron chi connectivity index (χ4n) is 6.94. The van der Waals surface area contributed by atoms with Crippen LogP contribution in [0.25, 0.3) is 0 Å². The number of phenolic OH excluding ortho intramolecular Hbond substituents is 1. The second kappa shape index (κ2) is 10.4. The number of likely N-dealkylation sites (N-methyl/N-ethyl adjacent to an activating group) is 1. The summed E-state index contributed by atoms with van der Waals surface area (Å²) in [5.74, 6) is -14.3. The van der Waals surface area contributed by atoms with E-state index in [1.165, 1.54) is 31.1 Å². The van der Waals surface area contributed by atoms with Crippen LogP contribution in [-0.2, 0) is 19.2 Å². The lowest BCUT2D eigenvalue weighted by atomic mass is 9.49. The molecule has 2 unspecified atom stereocenters. The van der Waals surface area contributed by atoms with E-state index >= 15 is 0 Å². The molecule has 2 aromatic rings. The van der Waals surface area contributed by atoms with Gasteiger partial charge in [-0.05, 0) is 50.7 Å². The number of nitrogens with two attached hydrogens (primary N) is 1. The molecule has 2 aromatic carbocycles. The third-order valence-electron chi connectivity index (χ3n) is 8.96. The lowest BCUT2D eigenvalue weighted by Crippen LogP contribution is -2.77. The van der Waals surface area contributed by atoms with E-state index in [0.29, 0.717) is 0 Å². The Morgan fingerprint density at radius 2 is 1.65 bits per heavy atom. The number of rotatable bonds is 4. The van der Waals surface area contributed by atoms with Gasteiger partial charge in [-0.25, -0.2) is 4.79 Å². The summed E-state index contributed by atoms with van der Waals surface area (Å²) in [4.78, 5) is 80.6. The van der Waals surface area contributed by atoms with Crippen molar-refractivity contribution in [1.29, 1.82) is 0 Å². The summed E-state index contributed by atoms with van der Waals surface area (Å²) in [6.07, 6.45) is -2.71. The van der Waals surface area contributed by atoms with Gasteiger partial charge in [-0.3, -0.25) is 34.2 Å². The average Bonchev–Trinajstić information content (AvgIpc) is 2.93. The molecule has 2 amide bonds. The lowest BCUT2D eigenvalue weighted by Gasteiger charge is -2.56. The highest BCUT2D eigenvalue weighted by Crippen LogP contribution is 2.55. The third-order valence-corrected chi connectivity index (χ3v) is 8.96. The highest BCUT2D eigenvalue weighted by atomic mass is 16.6. The maximum atomic E-state index is 14.0. The van der Waals surface area contributed by atoms with Crippen LogP contribution in [0.2, 0.25) is 0 Å². The number of hydrogen-bond donors (Lipinski definition) is 5. The van der Waals surface area contributed by atoms with Crippen molar-refractivity contribution in [1.82, 2.24) is 4.90 Å². The molecule has 0 aromatic heterocycles. The number of aryl methyl sites for hydroxylation is 1. The summed E-state index contributed by atoms with van der Waals surface area (Å²) in [7, 11) is 2.84. The van der Waals surface area contributed by atoms with Crippen LogP contribution in [0.15, 0.2) is 36.4 Å². The van der Waals surface area contributed by atoms with Gasteiger partial charge >= 0.3 is 6.09 Å². The van der Waals surface area contributed by atoms with Crippen LogP contribution in [-0.4, -0.2) is 87.2 Å². The average molecular weight is 594 g/mol. The summed E-state index contributed by atoms with van der Waals surface area (Å²) in [6.45, 7) is 3.44. The minimum absolute atomic E-state index is 0.212. The normalized spacial score (nSPS) is 31.7. The monoisotopic (exact) mass is 593 g/mol. The Labute approximate surface area is 245 Å². The van der Waals surface area contributed by atoms with E-state index < -0.39 is 88.2 Å². The van der Waals surface area contributed by atoms with E-state index in [1.54, 1.807) is 31.2 Å². The number of carbonyl (C=O) groups is 6. The number of Topliss-reactive ketones (excluding diaryl/α,β-unsaturated/α-hetero) is 4. The van der Waals surface area contributed by atoms with Gasteiger partial charge in [0, 0.05) is 5.92 Å². The first-order valence-corrected chi connectivity index (χ1v) is 13.6. The number of nitrogens with zero attached hydrogens (tertiary/aromatic N) is 1. The van der Waals surface area contributed by atoms with Gasteiger partial charge in [-0.2, -0.15) is 0 Å². The van der Waals surface area contributed by atoms with Crippen LogP contribution >= 0.6 is 0 Å². The zero-order valence-corrected chi connectivity index (χ0v) is 23.7. The number of ether oxygens (including phenoxy) is 1. The predicted molar refractivity (Wildman–Crippen MR) is 148 cm³/mol. The maximum Gasteiger partial charge on any atom is 0.417 e. The highest BCUT2D eigenvalue weighted by Gasteiger charge is 2.72. The first-order valence-electron chi connectivity index (χ1n) is 13.6. The molecule has 3 aliphatic carbocycles. The van der Waals surface area contributed by atoms with Crippen molar-refractivity contribution in [2.45, 2.75) is 37.5 Å². The first kappa shape index (κ1) is 30.0. The van der Waals surface area contributed by atoms with Crippen LogP contribution in [0.5, 0.6) is 11.5 Å². The topological polar surface area (TPSA) is 214 Å². The van der Waals surface area contributed by atoms with Gasteiger partial charge in [-0.1, -0.05) is 30.7 Å². The van der Waals surface area contributed by atoms with Crippen molar-refractivity contribution >= 4 is 40.8 Å². The van der Waals surface area contributed by atoms with E-state index in [1.807, 2.05) is 6.92 Å². The molecule has 226 valence electrons. The molecule has 0 bridgehead atoms. The number of phenols is 1.